The third kappa shape index (κ3) is 7.33. The normalized spacial score (nSPS) is 22.0. The highest BCUT2D eigenvalue weighted by molar-refractivity contribution is 7.90. The molecule has 0 aromatic carbocycles. The number of sulfonamides is 1. The standard InChI is InChI=1S/C32H40F3N7O6S/c1-30(2)17-21-5-4-14-40(19-22(44)20-43)24-6-3-7-27(36-24)49(46,47)39-29(45)23-8-9-25(37-28(23)41(30)18-21)42-15-10-26(38-42)48-16-13-31(11-12-31)32(33,34)35/h3,6-10,15,21-22,43-44H,4-5,11-14,16-20H2,1-2H3,(H,39,45)/t21-,22-/m0/s1. The fourth-order valence-electron chi connectivity index (χ4n) is 6.73. The van der Waals surface area contributed by atoms with Crippen molar-refractivity contribution in [3.8, 4) is 11.7 Å². The Balaban J connectivity index is 1.30. The third-order valence-electron chi connectivity index (χ3n) is 9.62. The predicted octanol–water partition coefficient (Wildman–Crippen LogP) is 3.45. The first-order chi connectivity index (χ1) is 23.1. The van der Waals surface area contributed by atoms with Crippen LogP contribution >= 0.6 is 0 Å². The maximum atomic E-state index is 13.7. The lowest BCUT2D eigenvalue weighted by Crippen LogP contribution is -2.41. The Hall–Kier alpha value is -3.96. The van der Waals surface area contributed by atoms with Gasteiger partial charge in [-0.25, -0.2) is 19.4 Å². The van der Waals surface area contributed by atoms with Crippen LogP contribution < -0.4 is 19.3 Å². The number of fused-ring (bicyclic) bond motifs is 6. The van der Waals surface area contributed by atoms with Gasteiger partial charge >= 0.3 is 6.18 Å². The topological polar surface area (TPSA) is 163 Å². The van der Waals surface area contributed by atoms with Crippen LogP contribution in [-0.2, 0) is 10.0 Å². The number of β-amino-alcohol motifs (C(OH)–C–C–N with tert-alkyl or cyclic N) is 1. The number of aliphatic hydroxyl groups is 2. The van der Waals surface area contributed by atoms with Crippen molar-refractivity contribution < 1.29 is 41.3 Å². The van der Waals surface area contributed by atoms with E-state index in [4.69, 9.17) is 9.72 Å². The van der Waals surface area contributed by atoms with Gasteiger partial charge in [0, 0.05) is 37.4 Å². The van der Waals surface area contributed by atoms with E-state index in [0.717, 1.165) is 12.8 Å². The van der Waals surface area contributed by atoms with Crippen molar-refractivity contribution in [1.29, 1.82) is 0 Å². The highest BCUT2D eigenvalue weighted by atomic mass is 32.2. The molecule has 0 spiro atoms. The zero-order valence-electron chi connectivity index (χ0n) is 27.2. The van der Waals surface area contributed by atoms with Crippen molar-refractivity contribution in [3.05, 3.63) is 48.2 Å². The molecule has 4 bridgehead atoms. The Morgan fingerprint density at radius 1 is 1.12 bits per heavy atom. The Morgan fingerprint density at radius 3 is 2.61 bits per heavy atom. The molecule has 13 nitrogen and oxygen atoms in total. The molecule has 5 heterocycles. The summed E-state index contributed by atoms with van der Waals surface area (Å²) in [5.74, 6) is 0.226. The fraction of sp³-hybridized carbons (Fsp3) is 0.562. The maximum absolute atomic E-state index is 13.7. The molecule has 0 radical (unpaired) electrons. The summed E-state index contributed by atoms with van der Waals surface area (Å²) in [6.45, 7) is 4.42. The van der Waals surface area contributed by atoms with E-state index in [1.54, 1.807) is 17.2 Å². The first kappa shape index (κ1) is 34.9. The van der Waals surface area contributed by atoms with E-state index in [9.17, 15) is 36.6 Å². The fourth-order valence-corrected chi connectivity index (χ4v) is 7.66. The number of rotatable bonds is 8. The average Bonchev–Trinajstić information content (AvgIpc) is 3.60. The molecule has 266 valence electrons. The van der Waals surface area contributed by atoms with Gasteiger partial charge in [0.25, 0.3) is 15.9 Å². The van der Waals surface area contributed by atoms with Gasteiger partial charge in [0.1, 0.15) is 11.6 Å². The van der Waals surface area contributed by atoms with Gasteiger partial charge in [-0.05, 0) is 82.6 Å². The summed E-state index contributed by atoms with van der Waals surface area (Å²) >= 11 is 0. The molecular formula is C32H40F3N7O6S. The second kappa shape index (κ2) is 13.1. The van der Waals surface area contributed by atoms with Gasteiger partial charge in [-0.3, -0.25) is 4.79 Å². The molecule has 2 atom stereocenters. The molecule has 49 heavy (non-hydrogen) atoms. The van der Waals surface area contributed by atoms with Gasteiger partial charge in [-0.2, -0.15) is 21.6 Å². The number of halogens is 3. The largest absolute Gasteiger partial charge is 0.477 e. The van der Waals surface area contributed by atoms with Crippen LogP contribution in [0.15, 0.2) is 47.6 Å². The minimum absolute atomic E-state index is 0.0188. The minimum atomic E-state index is -4.45. The van der Waals surface area contributed by atoms with Crippen LogP contribution in [0, 0.1) is 11.3 Å². The number of hydrogen-bond acceptors (Lipinski definition) is 11. The summed E-state index contributed by atoms with van der Waals surface area (Å²) in [5, 5.41) is 23.6. The lowest BCUT2D eigenvalue weighted by molar-refractivity contribution is -0.190. The summed E-state index contributed by atoms with van der Waals surface area (Å²) in [5.41, 5.74) is -2.14. The Kier molecular flexibility index (Phi) is 9.30. The molecule has 17 heteroatoms. The van der Waals surface area contributed by atoms with Gasteiger partial charge in [0.2, 0.25) is 5.88 Å². The summed E-state index contributed by atoms with van der Waals surface area (Å²) in [6, 6.07) is 8.86. The van der Waals surface area contributed by atoms with Gasteiger partial charge in [-0.15, -0.1) is 5.10 Å². The monoisotopic (exact) mass is 707 g/mol. The summed E-state index contributed by atoms with van der Waals surface area (Å²) in [4.78, 5) is 26.5. The molecule has 0 unspecified atom stereocenters. The van der Waals surface area contributed by atoms with Crippen molar-refractivity contribution in [1.82, 2.24) is 24.5 Å². The quantitative estimate of drug-likeness (QED) is 0.314. The van der Waals surface area contributed by atoms with Crippen LogP contribution in [-0.4, -0.2) is 95.0 Å². The van der Waals surface area contributed by atoms with Crippen molar-refractivity contribution in [2.24, 2.45) is 11.3 Å². The first-order valence-electron chi connectivity index (χ1n) is 16.2. The molecule has 1 amide bonds. The number of carbonyl (C=O) groups excluding carboxylic acids is 1. The van der Waals surface area contributed by atoms with Gasteiger partial charge in [0.05, 0.1) is 30.3 Å². The number of pyridine rings is 2. The summed E-state index contributed by atoms with van der Waals surface area (Å²) in [7, 11) is -4.45. The molecule has 3 aromatic rings. The van der Waals surface area contributed by atoms with Crippen LogP contribution in [0.1, 0.15) is 62.7 Å². The molecule has 1 saturated heterocycles. The minimum Gasteiger partial charge on any atom is -0.477 e. The van der Waals surface area contributed by atoms with E-state index in [1.807, 2.05) is 18.7 Å². The van der Waals surface area contributed by atoms with Crippen molar-refractivity contribution >= 4 is 27.6 Å². The summed E-state index contributed by atoms with van der Waals surface area (Å²) < 4.78 is 76.0. The molecule has 2 fully saturated rings. The lowest BCUT2D eigenvalue weighted by Gasteiger charge is -2.34. The zero-order valence-corrected chi connectivity index (χ0v) is 28.0. The Bertz CT molecular complexity index is 1800. The second-order valence-corrected chi connectivity index (χ2v) is 15.3. The van der Waals surface area contributed by atoms with Gasteiger partial charge in [-0.1, -0.05) is 6.07 Å². The molecule has 1 saturated carbocycles. The van der Waals surface area contributed by atoms with E-state index in [1.165, 1.54) is 35.0 Å². The zero-order chi connectivity index (χ0) is 35.2. The van der Waals surface area contributed by atoms with Crippen LogP contribution in [0.2, 0.25) is 0 Å². The Labute approximate surface area is 282 Å². The number of aliphatic hydroxyl groups excluding tert-OH is 2. The molecular weight excluding hydrogens is 667 g/mol. The third-order valence-corrected chi connectivity index (χ3v) is 10.9. The van der Waals surface area contributed by atoms with E-state index in [2.05, 4.69) is 14.8 Å². The molecule has 1 aliphatic carbocycles. The highest BCUT2D eigenvalue weighted by Gasteiger charge is 2.62. The van der Waals surface area contributed by atoms with E-state index >= 15 is 0 Å². The predicted molar refractivity (Wildman–Crippen MR) is 172 cm³/mol. The molecule has 2 aliphatic heterocycles. The van der Waals surface area contributed by atoms with Crippen molar-refractivity contribution in [3.63, 3.8) is 0 Å². The molecule has 6 rings (SSSR count). The van der Waals surface area contributed by atoms with Crippen molar-refractivity contribution in [2.75, 3.05) is 42.6 Å². The van der Waals surface area contributed by atoms with Crippen LogP contribution in [0.4, 0.5) is 24.8 Å². The van der Waals surface area contributed by atoms with Crippen LogP contribution in [0.3, 0.4) is 0 Å². The Morgan fingerprint density at radius 2 is 1.90 bits per heavy atom. The molecule has 3 aromatic heterocycles. The van der Waals surface area contributed by atoms with E-state index < -0.39 is 50.8 Å². The first-order valence-corrected chi connectivity index (χ1v) is 17.7. The number of hydrogen-bond donors (Lipinski definition) is 3. The average molecular weight is 708 g/mol. The van der Waals surface area contributed by atoms with E-state index in [-0.39, 0.29) is 61.4 Å². The number of alkyl halides is 3. The summed E-state index contributed by atoms with van der Waals surface area (Å²) in [6.07, 6.45) is -1.56. The number of carbonyl (C=O) groups is 1. The number of aromatic nitrogens is 4. The van der Waals surface area contributed by atoms with Gasteiger partial charge < -0.3 is 24.7 Å². The van der Waals surface area contributed by atoms with E-state index in [0.29, 0.717) is 25.3 Å². The maximum Gasteiger partial charge on any atom is 0.394 e. The van der Waals surface area contributed by atoms with Crippen molar-refractivity contribution in [2.45, 2.75) is 75.2 Å². The number of ether oxygens (including phenoxy) is 1. The van der Waals surface area contributed by atoms with Crippen LogP contribution in [0.25, 0.3) is 5.82 Å². The molecule has 3 aliphatic rings. The molecule has 3 N–H and O–H groups in total. The smallest absolute Gasteiger partial charge is 0.394 e. The number of anilines is 2. The highest BCUT2D eigenvalue weighted by Crippen LogP contribution is 2.59. The SMILES string of the molecule is CC1(C)C[C@@H]2CCCN(C[C@H](O)CO)c3cccc(n3)S(=O)(=O)NC(=O)c3ccc(-n4ccc(OCCC5(C(F)(F)F)CC5)n4)nc3N1C2. The second-order valence-electron chi connectivity index (χ2n) is 13.7. The lowest BCUT2D eigenvalue weighted by atomic mass is 9.93. The van der Waals surface area contributed by atoms with Crippen LogP contribution in [0.5, 0.6) is 5.88 Å². The number of amides is 1. The van der Waals surface area contributed by atoms with Gasteiger partial charge in [0.15, 0.2) is 10.8 Å². The number of nitrogens with one attached hydrogen (secondary N) is 1. The number of nitrogens with zero attached hydrogens (tertiary/aromatic N) is 6.